The minimum atomic E-state index is -0.0632. The molecule has 6 heteroatoms. The van der Waals surface area contributed by atoms with Crippen LogP contribution in [-0.2, 0) is 13.0 Å². The fourth-order valence-electron chi connectivity index (χ4n) is 3.79. The lowest BCUT2D eigenvalue weighted by atomic mass is 9.90. The van der Waals surface area contributed by atoms with Crippen molar-refractivity contribution in [2.24, 2.45) is 10.9 Å². The summed E-state index contributed by atoms with van der Waals surface area (Å²) >= 11 is 0. The molecule has 3 rings (SSSR count). The number of nitrogens with zero attached hydrogens (tertiary/aromatic N) is 2. The van der Waals surface area contributed by atoms with Crippen LogP contribution in [0.5, 0.6) is 0 Å². The van der Waals surface area contributed by atoms with Crippen molar-refractivity contribution in [2.75, 3.05) is 26.7 Å². The van der Waals surface area contributed by atoms with E-state index in [1.165, 1.54) is 24.8 Å². The minimum Gasteiger partial charge on any atom is -0.357 e. The third-order valence-electron chi connectivity index (χ3n) is 5.47. The highest BCUT2D eigenvalue weighted by atomic mass is 127. The third-order valence-corrected chi connectivity index (χ3v) is 5.47. The summed E-state index contributed by atoms with van der Waals surface area (Å²) < 4.78 is 0. The molecule has 0 radical (unpaired) electrons. The number of rotatable bonds is 6. The zero-order valence-electron chi connectivity index (χ0n) is 17.9. The van der Waals surface area contributed by atoms with Gasteiger partial charge >= 0.3 is 0 Å². The van der Waals surface area contributed by atoms with Gasteiger partial charge in [-0.15, -0.1) is 24.0 Å². The number of likely N-dealkylation sites (tertiary alicyclic amines) is 1. The van der Waals surface area contributed by atoms with Crippen LogP contribution in [0.25, 0.3) is 0 Å². The number of aliphatic imine (C=N–C) groups is 1. The monoisotopic (exact) mass is 520 g/mol. The van der Waals surface area contributed by atoms with Crippen molar-refractivity contribution in [2.45, 2.75) is 32.7 Å². The Labute approximate surface area is 197 Å². The number of carbonyl (C=O) groups is 1. The summed E-state index contributed by atoms with van der Waals surface area (Å²) in [6.07, 6.45) is 3.56. The molecule has 1 saturated heterocycles. The average Bonchev–Trinajstić information content (AvgIpc) is 2.78. The predicted octanol–water partition coefficient (Wildman–Crippen LogP) is 4.08. The van der Waals surface area contributed by atoms with Gasteiger partial charge in [0.2, 0.25) is 0 Å². The van der Waals surface area contributed by atoms with Crippen molar-refractivity contribution >= 4 is 35.8 Å². The van der Waals surface area contributed by atoms with E-state index >= 15 is 0 Å². The van der Waals surface area contributed by atoms with Crippen LogP contribution >= 0.6 is 24.0 Å². The Balaban J connectivity index is 0.00000320. The van der Waals surface area contributed by atoms with Crippen LogP contribution in [0, 0.1) is 5.92 Å². The molecule has 2 N–H and O–H groups in total. The summed E-state index contributed by atoms with van der Waals surface area (Å²) in [5.41, 5.74) is 3.21. The topological polar surface area (TPSA) is 56.7 Å². The first-order chi connectivity index (χ1) is 14.2. The number of hydrogen-bond donors (Lipinski definition) is 2. The van der Waals surface area contributed by atoms with Crippen molar-refractivity contribution in [3.05, 3.63) is 71.3 Å². The lowest BCUT2D eigenvalue weighted by Crippen LogP contribution is -2.45. The van der Waals surface area contributed by atoms with Crippen molar-refractivity contribution in [1.29, 1.82) is 0 Å². The molecule has 1 aliphatic heterocycles. The van der Waals surface area contributed by atoms with E-state index in [-0.39, 0.29) is 29.9 Å². The van der Waals surface area contributed by atoms with Gasteiger partial charge in [0.25, 0.3) is 5.91 Å². The number of hydrogen-bond acceptors (Lipinski definition) is 2. The molecule has 2 aromatic carbocycles. The molecular weight excluding hydrogens is 487 g/mol. The highest BCUT2D eigenvalue weighted by Gasteiger charge is 2.21. The zero-order chi connectivity index (χ0) is 20.5. The van der Waals surface area contributed by atoms with E-state index in [1.54, 1.807) is 7.05 Å². The molecule has 0 atom stereocenters. The first-order valence-electron chi connectivity index (χ1n) is 10.6. The molecule has 1 heterocycles. The highest BCUT2D eigenvalue weighted by Crippen LogP contribution is 2.22. The Bertz CT molecular complexity index is 800. The van der Waals surface area contributed by atoms with Crippen LogP contribution in [0.4, 0.5) is 0 Å². The van der Waals surface area contributed by atoms with Crippen molar-refractivity contribution in [1.82, 2.24) is 15.5 Å². The maximum Gasteiger partial charge on any atom is 0.251 e. The van der Waals surface area contributed by atoms with Crippen LogP contribution < -0.4 is 10.6 Å². The van der Waals surface area contributed by atoms with Crippen molar-refractivity contribution < 1.29 is 4.79 Å². The molecule has 1 fully saturated rings. The lowest BCUT2D eigenvalue weighted by molar-refractivity contribution is 0.0963. The molecule has 1 aliphatic rings. The molecule has 2 aromatic rings. The molecule has 0 spiro atoms. The summed E-state index contributed by atoms with van der Waals surface area (Å²) in [6, 6.07) is 18.5. The largest absolute Gasteiger partial charge is 0.357 e. The summed E-state index contributed by atoms with van der Waals surface area (Å²) in [7, 11) is 1.65. The maximum atomic E-state index is 11.7. The zero-order valence-corrected chi connectivity index (χ0v) is 20.3. The third kappa shape index (κ3) is 7.00. The second-order valence-corrected chi connectivity index (χ2v) is 7.57. The number of guanidine groups is 1. The first-order valence-corrected chi connectivity index (χ1v) is 10.6. The van der Waals surface area contributed by atoms with Gasteiger partial charge in [-0.25, -0.2) is 4.99 Å². The Hall–Kier alpha value is -2.09. The van der Waals surface area contributed by atoms with Crippen molar-refractivity contribution in [3.8, 4) is 0 Å². The Morgan fingerprint density at radius 1 is 1.03 bits per heavy atom. The molecule has 162 valence electrons. The van der Waals surface area contributed by atoms with Gasteiger partial charge in [0.1, 0.15) is 0 Å². The van der Waals surface area contributed by atoms with Gasteiger partial charge < -0.3 is 15.5 Å². The maximum absolute atomic E-state index is 11.7. The van der Waals surface area contributed by atoms with E-state index < -0.39 is 0 Å². The normalized spacial score (nSPS) is 14.7. The number of halogens is 1. The van der Waals surface area contributed by atoms with Gasteiger partial charge in [0, 0.05) is 32.2 Å². The van der Waals surface area contributed by atoms with Gasteiger partial charge in [-0.1, -0.05) is 42.5 Å². The minimum absolute atomic E-state index is 0. The van der Waals surface area contributed by atoms with Gasteiger partial charge in [0.05, 0.1) is 6.54 Å². The number of nitrogens with one attached hydrogen (secondary N) is 2. The lowest BCUT2D eigenvalue weighted by Gasteiger charge is -2.34. The van der Waals surface area contributed by atoms with Gasteiger partial charge in [0.15, 0.2) is 5.96 Å². The SMILES string of the molecule is CCNC(=NCc1ccc(C(=O)NC)cc1)N1CCC(Cc2ccccc2)CC1.I. The summed E-state index contributed by atoms with van der Waals surface area (Å²) in [6.45, 7) is 5.66. The summed E-state index contributed by atoms with van der Waals surface area (Å²) in [5.74, 6) is 1.67. The first kappa shape index (κ1) is 24.2. The molecule has 30 heavy (non-hydrogen) atoms. The molecule has 5 nitrogen and oxygen atoms in total. The number of piperidine rings is 1. The quantitative estimate of drug-likeness (QED) is 0.343. The molecule has 0 bridgehead atoms. The standard InChI is InChI=1S/C24H32N4O.HI/c1-3-26-24(27-18-21-9-11-22(12-10-21)23(29)25-2)28-15-13-20(14-16-28)17-19-7-5-4-6-8-19;/h4-12,20H,3,13-18H2,1-2H3,(H,25,29)(H,26,27);1H. The second kappa shape index (κ2) is 12.6. The van der Waals surface area contributed by atoms with Crippen molar-refractivity contribution in [3.63, 3.8) is 0 Å². The van der Waals surface area contributed by atoms with Gasteiger partial charge in [-0.2, -0.15) is 0 Å². The number of carbonyl (C=O) groups excluding carboxylic acids is 1. The van der Waals surface area contributed by atoms with Gasteiger partial charge in [-0.3, -0.25) is 4.79 Å². The smallest absolute Gasteiger partial charge is 0.251 e. The molecule has 0 aromatic heterocycles. The predicted molar refractivity (Wildman–Crippen MR) is 135 cm³/mol. The van der Waals surface area contributed by atoms with Crippen LogP contribution in [-0.4, -0.2) is 43.4 Å². The van der Waals surface area contributed by atoms with Crippen LogP contribution in [0.2, 0.25) is 0 Å². The molecule has 0 saturated carbocycles. The number of amides is 1. The van der Waals surface area contributed by atoms with E-state index in [1.807, 2.05) is 24.3 Å². The second-order valence-electron chi connectivity index (χ2n) is 7.57. The Morgan fingerprint density at radius 3 is 2.30 bits per heavy atom. The Morgan fingerprint density at radius 2 is 1.70 bits per heavy atom. The van der Waals surface area contributed by atoms with Crippen LogP contribution in [0.3, 0.4) is 0 Å². The molecule has 1 amide bonds. The Kier molecular flexibility index (Phi) is 10.1. The van der Waals surface area contributed by atoms with Crippen LogP contribution in [0.15, 0.2) is 59.6 Å². The molecule has 0 aliphatic carbocycles. The molecule has 0 unspecified atom stereocenters. The molecular formula is C24H33IN4O. The number of benzene rings is 2. The summed E-state index contributed by atoms with van der Waals surface area (Å²) in [5, 5.41) is 6.08. The van der Waals surface area contributed by atoms with E-state index in [4.69, 9.17) is 4.99 Å². The van der Waals surface area contributed by atoms with E-state index in [2.05, 4.69) is 52.8 Å². The highest BCUT2D eigenvalue weighted by molar-refractivity contribution is 14.0. The fourth-order valence-corrected chi connectivity index (χ4v) is 3.79. The fraction of sp³-hybridized carbons (Fsp3) is 0.417. The van der Waals surface area contributed by atoms with E-state index in [9.17, 15) is 4.79 Å². The van der Waals surface area contributed by atoms with E-state index in [0.717, 1.165) is 37.1 Å². The van der Waals surface area contributed by atoms with E-state index in [0.29, 0.717) is 12.1 Å². The average molecular weight is 520 g/mol. The summed E-state index contributed by atoms with van der Waals surface area (Å²) in [4.78, 5) is 18.9. The van der Waals surface area contributed by atoms with Gasteiger partial charge in [-0.05, 0) is 55.4 Å². The van der Waals surface area contributed by atoms with Crippen LogP contribution in [0.1, 0.15) is 41.3 Å².